The van der Waals surface area contributed by atoms with E-state index >= 15 is 0 Å². The molecule has 0 saturated heterocycles. The fraction of sp³-hybridized carbons (Fsp3) is 0.286. The summed E-state index contributed by atoms with van der Waals surface area (Å²) >= 11 is 1.42. The van der Waals surface area contributed by atoms with E-state index in [4.69, 9.17) is 4.74 Å². The first-order chi connectivity index (χ1) is 13.5. The molecule has 0 spiro atoms. The van der Waals surface area contributed by atoms with Gasteiger partial charge >= 0.3 is 5.97 Å². The molecule has 3 rings (SSSR count). The van der Waals surface area contributed by atoms with Gasteiger partial charge in [-0.15, -0.1) is 11.8 Å². The van der Waals surface area contributed by atoms with Crippen molar-refractivity contribution in [1.29, 1.82) is 0 Å². The van der Waals surface area contributed by atoms with Gasteiger partial charge in [-0.25, -0.2) is 4.79 Å². The zero-order valence-corrected chi connectivity index (χ0v) is 16.4. The molecule has 0 bridgehead atoms. The number of carbonyl (C=O) groups excluding carboxylic acids is 3. The molecular formula is C21H22N2O4S. The van der Waals surface area contributed by atoms with E-state index in [-0.39, 0.29) is 24.5 Å². The molecule has 1 atom stereocenters. The summed E-state index contributed by atoms with van der Waals surface area (Å²) in [6, 6.07) is 15.0. The predicted molar refractivity (Wildman–Crippen MR) is 108 cm³/mol. The quantitative estimate of drug-likeness (QED) is 0.701. The highest BCUT2D eigenvalue weighted by Crippen LogP contribution is 2.32. The Morgan fingerprint density at radius 1 is 1.21 bits per heavy atom. The first-order valence-electron chi connectivity index (χ1n) is 9.08. The number of nitrogens with one attached hydrogen (secondary N) is 2. The SMILES string of the molecule is CC(CCc1ccccc1)NC(=O)COC(=O)c1ccc2c(c1)NC(=O)CS2. The molecule has 2 amide bonds. The molecule has 1 aliphatic heterocycles. The van der Waals surface area contributed by atoms with E-state index < -0.39 is 5.97 Å². The van der Waals surface area contributed by atoms with E-state index in [0.29, 0.717) is 17.0 Å². The van der Waals surface area contributed by atoms with Crippen molar-refractivity contribution in [3.8, 4) is 0 Å². The Morgan fingerprint density at radius 3 is 2.79 bits per heavy atom. The van der Waals surface area contributed by atoms with Crippen LogP contribution in [0.2, 0.25) is 0 Å². The van der Waals surface area contributed by atoms with E-state index in [1.165, 1.54) is 17.3 Å². The lowest BCUT2D eigenvalue weighted by molar-refractivity contribution is -0.124. The summed E-state index contributed by atoms with van der Waals surface area (Å²) < 4.78 is 5.10. The van der Waals surface area contributed by atoms with Crippen molar-refractivity contribution in [2.75, 3.05) is 17.7 Å². The molecule has 2 N–H and O–H groups in total. The lowest BCUT2D eigenvalue weighted by Crippen LogP contribution is -2.36. The molecule has 146 valence electrons. The molecule has 1 aliphatic rings. The maximum atomic E-state index is 12.2. The zero-order chi connectivity index (χ0) is 19.9. The highest BCUT2D eigenvalue weighted by molar-refractivity contribution is 8.00. The van der Waals surface area contributed by atoms with E-state index in [0.717, 1.165) is 17.7 Å². The van der Waals surface area contributed by atoms with Crippen LogP contribution in [0.5, 0.6) is 0 Å². The van der Waals surface area contributed by atoms with Gasteiger partial charge in [-0.1, -0.05) is 30.3 Å². The second-order valence-electron chi connectivity index (χ2n) is 6.62. The lowest BCUT2D eigenvalue weighted by atomic mass is 10.1. The maximum absolute atomic E-state index is 12.2. The Labute approximate surface area is 168 Å². The fourth-order valence-electron chi connectivity index (χ4n) is 2.84. The Kier molecular flexibility index (Phi) is 6.71. The standard InChI is InChI=1S/C21H22N2O4S/c1-14(7-8-15-5-3-2-4-6-15)22-19(24)12-27-21(26)16-9-10-18-17(11-16)23-20(25)13-28-18/h2-6,9-11,14H,7-8,12-13H2,1H3,(H,22,24)(H,23,25). The number of rotatable bonds is 7. The van der Waals surface area contributed by atoms with Crippen LogP contribution in [-0.4, -0.2) is 36.2 Å². The minimum absolute atomic E-state index is 0.0256. The zero-order valence-electron chi connectivity index (χ0n) is 15.6. The molecule has 0 fully saturated rings. The summed E-state index contributed by atoms with van der Waals surface area (Å²) in [5, 5.41) is 5.56. The van der Waals surface area contributed by atoms with E-state index in [1.54, 1.807) is 18.2 Å². The first kappa shape index (κ1) is 19.9. The van der Waals surface area contributed by atoms with Crippen LogP contribution in [0.1, 0.15) is 29.3 Å². The van der Waals surface area contributed by atoms with Gasteiger partial charge in [-0.05, 0) is 43.5 Å². The Morgan fingerprint density at radius 2 is 2.00 bits per heavy atom. The number of carbonyl (C=O) groups is 3. The molecule has 0 aliphatic carbocycles. The van der Waals surface area contributed by atoms with Crippen LogP contribution in [0.3, 0.4) is 0 Å². The summed E-state index contributed by atoms with van der Waals surface area (Å²) in [7, 11) is 0. The van der Waals surface area contributed by atoms with Gasteiger partial charge in [0.15, 0.2) is 6.61 Å². The Bertz CT molecular complexity index is 870. The van der Waals surface area contributed by atoms with Crippen molar-refractivity contribution in [3.63, 3.8) is 0 Å². The smallest absolute Gasteiger partial charge is 0.338 e. The Balaban J connectivity index is 1.44. The van der Waals surface area contributed by atoms with Crippen LogP contribution < -0.4 is 10.6 Å². The number of thioether (sulfide) groups is 1. The number of hydrogen-bond acceptors (Lipinski definition) is 5. The van der Waals surface area contributed by atoms with Crippen molar-refractivity contribution >= 4 is 35.2 Å². The van der Waals surface area contributed by atoms with Crippen LogP contribution in [0, 0.1) is 0 Å². The average molecular weight is 398 g/mol. The summed E-state index contributed by atoms with van der Waals surface area (Å²) in [5.74, 6) is -0.679. The average Bonchev–Trinajstić information content (AvgIpc) is 2.70. The normalized spacial score (nSPS) is 13.8. The topological polar surface area (TPSA) is 84.5 Å². The fourth-order valence-corrected chi connectivity index (χ4v) is 3.63. The molecule has 2 aromatic carbocycles. The molecule has 0 aromatic heterocycles. The van der Waals surface area contributed by atoms with Crippen molar-refractivity contribution in [1.82, 2.24) is 5.32 Å². The summed E-state index contributed by atoms with van der Waals surface area (Å²) in [5.41, 5.74) is 2.11. The largest absolute Gasteiger partial charge is 0.452 e. The van der Waals surface area contributed by atoms with Gasteiger partial charge in [0, 0.05) is 10.9 Å². The minimum atomic E-state index is -0.597. The molecule has 1 heterocycles. The van der Waals surface area contributed by atoms with Gasteiger partial charge in [-0.3, -0.25) is 9.59 Å². The molecule has 0 saturated carbocycles. The van der Waals surface area contributed by atoms with E-state index in [1.807, 2.05) is 25.1 Å². The third-order valence-electron chi connectivity index (χ3n) is 4.30. The van der Waals surface area contributed by atoms with Gasteiger partial charge < -0.3 is 15.4 Å². The van der Waals surface area contributed by atoms with Crippen molar-refractivity contribution < 1.29 is 19.1 Å². The third kappa shape index (κ3) is 5.60. The molecular weight excluding hydrogens is 376 g/mol. The number of anilines is 1. The molecule has 1 unspecified atom stereocenters. The first-order valence-corrected chi connectivity index (χ1v) is 10.1. The number of amides is 2. The maximum Gasteiger partial charge on any atom is 0.338 e. The van der Waals surface area contributed by atoms with Crippen LogP contribution in [0.15, 0.2) is 53.4 Å². The number of benzene rings is 2. The van der Waals surface area contributed by atoms with E-state index in [2.05, 4.69) is 22.8 Å². The van der Waals surface area contributed by atoms with Crippen LogP contribution in [0.25, 0.3) is 0 Å². The van der Waals surface area contributed by atoms with Gasteiger partial charge in [-0.2, -0.15) is 0 Å². The number of aryl methyl sites for hydroxylation is 1. The highest BCUT2D eigenvalue weighted by Gasteiger charge is 2.18. The Hall–Kier alpha value is -2.80. The number of ether oxygens (including phenoxy) is 1. The van der Waals surface area contributed by atoms with Crippen LogP contribution in [0.4, 0.5) is 5.69 Å². The molecule has 6 nitrogen and oxygen atoms in total. The predicted octanol–water partition coefficient (Wildman–Crippen LogP) is 3.03. The number of fused-ring (bicyclic) bond motifs is 1. The summed E-state index contributed by atoms with van der Waals surface area (Å²) in [6.45, 7) is 1.58. The molecule has 7 heteroatoms. The van der Waals surface area contributed by atoms with Gasteiger partial charge in [0.25, 0.3) is 5.91 Å². The van der Waals surface area contributed by atoms with Gasteiger partial charge in [0.1, 0.15) is 0 Å². The molecule has 0 radical (unpaired) electrons. The highest BCUT2D eigenvalue weighted by atomic mass is 32.2. The molecule has 28 heavy (non-hydrogen) atoms. The van der Waals surface area contributed by atoms with Gasteiger partial charge in [0.2, 0.25) is 5.91 Å². The monoisotopic (exact) mass is 398 g/mol. The second-order valence-corrected chi connectivity index (χ2v) is 7.63. The minimum Gasteiger partial charge on any atom is -0.452 e. The summed E-state index contributed by atoms with van der Waals surface area (Å²) in [6.07, 6.45) is 1.66. The van der Waals surface area contributed by atoms with Crippen LogP contribution >= 0.6 is 11.8 Å². The second kappa shape index (κ2) is 9.41. The summed E-state index contributed by atoms with van der Waals surface area (Å²) in [4.78, 5) is 36.6. The lowest BCUT2D eigenvalue weighted by Gasteiger charge is -2.17. The third-order valence-corrected chi connectivity index (χ3v) is 5.37. The number of hydrogen-bond donors (Lipinski definition) is 2. The van der Waals surface area contributed by atoms with Gasteiger partial charge in [0.05, 0.1) is 17.0 Å². The van der Waals surface area contributed by atoms with Crippen molar-refractivity contribution in [2.24, 2.45) is 0 Å². The van der Waals surface area contributed by atoms with Crippen molar-refractivity contribution in [3.05, 3.63) is 59.7 Å². The van der Waals surface area contributed by atoms with Crippen molar-refractivity contribution in [2.45, 2.75) is 30.7 Å². The number of esters is 1. The van der Waals surface area contributed by atoms with Crippen LogP contribution in [-0.2, 0) is 20.7 Å². The molecule has 2 aromatic rings. The van der Waals surface area contributed by atoms with E-state index in [9.17, 15) is 14.4 Å².